The van der Waals surface area contributed by atoms with Gasteiger partial charge in [0.15, 0.2) is 0 Å². The number of aryl methyl sites for hydroxylation is 2. The molecule has 0 amide bonds. The van der Waals surface area contributed by atoms with Crippen molar-refractivity contribution < 1.29 is 39.6 Å². The van der Waals surface area contributed by atoms with Crippen molar-refractivity contribution in [3.05, 3.63) is 69.3 Å². The number of carboxylic acid groups (broad SMARTS) is 4. The van der Waals surface area contributed by atoms with Crippen LogP contribution in [0.3, 0.4) is 0 Å². The van der Waals surface area contributed by atoms with E-state index in [-0.39, 0.29) is 47.7 Å². The van der Waals surface area contributed by atoms with Crippen LogP contribution in [0.15, 0.2) is 24.3 Å². The number of aromatic nitrogens is 4. The molecule has 0 saturated heterocycles. The summed E-state index contributed by atoms with van der Waals surface area (Å²) in [7, 11) is 0. The fraction of sp³-hybridized carbons (Fsp3) is 0.400. The summed E-state index contributed by atoms with van der Waals surface area (Å²) in [4.78, 5) is 63.9. The Morgan fingerprint density at radius 1 is 0.607 bits per heavy atom. The van der Waals surface area contributed by atoms with Crippen molar-refractivity contribution in [2.75, 3.05) is 11.5 Å². The number of H-pyrrole nitrogens is 2. The maximum atomic E-state index is 11.8. The number of nitrogens with two attached hydrogens (primary N) is 2. The standard InChI is InChI=1S/C40H48N6O8S2/c1-17-23(7-9-35(47)48)31-14-32-24(8-10-36(49)50)18(2)28(44-32)12-33-38(22(6)56-16-26(42)40(53)54)20(4)30(46-33)13-34-37(21(5)55-15-25(41)39(51)52)19(3)29(45-34)11-27(17)43-31/h11-14,21-22,25-26,45-46H,7-10,15-16,41-42H2,1-6H3,(H,47,48)(H,49,50)(H,51,52)(H,53,54). The number of carbonyl (C=O) groups is 4. The van der Waals surface area contributed by atoms with E-state index in [1.165, 1.54) is 23.5 Å². The molecule has 0 aliphatic carbocycles. The van der Waals surface area contributed by atoms with Gasteiger partial charge in [-0.1, -0.05) is 0 Å². The molecule has 14 nitrogen and oxygen atoms in total. The molecule has 2 aliphatic rings. The first kappa shape index (κ1) is 42.2. The average molecular weight is 805 g/mol. The van der Waals surface area contributed by atoms with Gasteiger partial charge in [-0.2, -0.15) is 23.5 Å². The molecule has 4 unspecified atom stereocenters. The Hall–Kier alpha value is -4.90. The predicted molar refractivity (Wildman–Crippen MR) is 222 cm³/mol. The van der Waals surface area contributed by atoms with Gasteiger partial charge in [-0.05, 0) is 123 Å². The summed E-state index contributed by atoms with van der Waals surface area (Å²) in [6, 6.07) is 5.57. The van der Waals surface area contributed by atoms with E-state index in [1.54, 1.807) is 0 Å². The molecule has 298 valence electrons. The van der Waals surface area contributed by atoms with Gasteiger partial charge in [0.1, 0.15) is 12.1 Å². The number of thioether (sulfide) groups is 2. The zero-order valence-electron chi connectivity index (χ0n) is 32.1. The summed E-state index contributed by atoms with van der Waals surface area (Å²) in [6.45, 7) is 11.8. The Morgan fingerprint density at radius 2 is 0.982 bits per heavy atom. The lowest BCUT2D eigenvalue weighted by Crippen LogP contribution is -2.32. The van der Waals surface area contributed by atoms with Crippen LogP contribution in [0.1, 0.15) is 109 Å². The lowest BCUT2D eigenvalue weighted by Gasteiger charge is -2.14. The third kappa shape index (κ3) is 9.20. The molecule has 3 aromatic heterocycles. The van der Waals surface area contributed by atoms with E-state index < -0.39 is 36.0 Å². The topological polar surface area (TPSA) is 259 Å². The smallest absolute Gasteiger partial charge is 0.321 e. The maximum Gasteiger partial charge on any atom is 0.321 e. The van der Waals surface area contributed by atoms with Gasteiger partial charge in [-0.3, -0.25) is 19.2 Å². The van der Waals surface area contributed by atoms with Gasteiger partial charge < -0.3 is 41.9 Å². The van der Waals surface area contributed by atoms with E-state index >= 15 is 0 Å². The molecule has 0 spiro atoms. The molecule has 10 N–H and O–H groups in total. The molecule has 3 aromatic rings. The van der Waals surface area contributed by atoms with E-state index in [9.17, 15) is 39.6 Å². The van der Waals surface area contributed by atoms with Crippen molar-refractivity contribution in [2.24, 2.45) is 11.5 Å². The zero-order valence-corrected chi connectivity index (χ0v) is 33.8. The molecule has 0 aromatic carbocycles. The number of allylic oxidation sites excluding steroid dienone is 4. The van der Waals surface area contributed by atoms with Crippen LogP contribution in [0.5, 0.6) is 0 Å². The van der Waals surface area contributed by atoms with Gasteiger partial charge in [0.25, 0.3) is 0 Å². The number of nitrogens with one attached hydrogen (secondary N) is 2. The molecule has 2 aliphatic heterocycles. The van der Waals surface area contributed by atoms with E-state index in [1.807, 2.05) is 65.8 Å². The number of aliphatic carboxylic acids is 4. The molecule has 8 bridgehead atoms. The Kier molecular flexibility index (Phi) is 13.2. The number of aromatic amines is 2. The molecule has 5 rings (SSSR count). The Labute approximate surface area is 332 Å². The van der Waals surface area contributed by atoms with Crippen LogP contribution in [0.25, 0.3) is 44.4 Å². The van der Waals surface area contributed by atoms with E-state index in [4.69, 9.17) is 21.4 Å². The van der Waals surface area contributed by atoms with Gasteiger partial charge in [0, 0.05) is 56.9 Å². The highest BCUT2D eigenvalue weighted by molar-refractivity contribution is 7.99. The normalized spacial score (nSPS) is 15.1. The first-order valence-electron chi connectivity index (χ1n) is 18.2. The average Bonchev–Trinajstić information content (AvgIpc) is 3.80. The second-order valence-electron chi connectivity index (χ2n) is 14.2. The SMILES string of the molecule is CC1=C(CCC(=O)O)c2cc3nc(cc4[nH]c(cc5[nH]c(cc1n2)c(C)c5C(C)SCC(N)C(=O)O)c(C)c4C(C)SCC(N)C(=O)O)C(C)=C3CCC(=O)O. The highest BCUT2D eigenvalue weighted by atomic mass is 32.2. The van der Waals surface area contributed by atoms with Crippen molar-refractivity contribution in [2.45, 2.75) is 89.8 Å². The zero-order chi connectivity index (χ0) is 41.2. The Bertz CT molecular complexity index is 2330. The van der Waals surface area contributed by atoms with Crippen LogP contribution >= 0.6 is 23.5 Å². The molecule has 16 heteroatoms. The Morgan fingerprint density at radius 3 is 1.38 bits per heavy atom. The fourth-order valence-electron chi connectivity index (χ4n) is 7.09. The monoisotopic (exact) mass is 804 g/mol. The van der Waals surface area contributed by atoms with Crippen molar-refractivity contribution in [1.29, 1.82) is 0 Å². The number of carboxylic acids is 4. The molecule has 0 fully saturated rings. The summed E-state index contributed by atoms with van der Waals surface area (Å²) in [5, 5.41) is 37.8. The van der Waals surface area contributed by atoms with E-state index in [0.717, 1.165) is 66.6 Å². The minimum absolute atomic E-state index is 0.117. The van der Waals surface area contributed by atoms with Crippen LogP contribution in [-0.2, 0) is 19.2 Å². The first-order valence-corrected chi connectivity index (χ1v) is 20.3. The van der Waals surface area contributed by atoms with Crippen LogP contribution in [0.2, 0.25) is 0 Å². The maximum absolute atomic E-state index is 11.8. The number of hydrogen-bond acceptors (Lipinski definition) is 10. The molecule has 4 atom stereocenters. The summed E-state index contributed by atoms with van der Waals surface area (Å²) in [5.41, 5.74) is 24.0. The highest BCUT2D eigenvalue weighted by Gasteiger charge is 2.25. The second kappa shape index (κ2) is 17.5. The minimum atomic E-state index is -1.09. The third-order valence-electron chi connectivity index (χ3n) is 10.3. The van der Waals surface area contributed by atoms with Crippen LogP contribution in [-0.4, -0.2) is 87.8 Å². The van der Waals surface area contributed by atoms with Crippen molar-refractivity contribution in [3.63, 3.8) is 0 Å². The Balaban J connectivity index is 1.88. The van der Waals surface area contributed by atoms with E-state index in [2.05, 4.69) is 9.97 Å². The number of rotatable bonds is 16. The largest absolute Gasteiger partial charge is 0.481 e. The summed E-state index contributed by atoms with van der Waals surface area (Å²) in [5.74, 6) is -3.70. The van der Waals surface area contributed by atoms with Crippen molar-refractivity contribution in [3.8, 4) is 0 Å². The third-order valence-corrected chi connectivity index (χ3v) is 12.9. The summed E-state index contributed by atoms with van der Waals surface area (Å²) in [6.07, 6.45) is 0.196. The minimum Gasteiger partial charge on any atom is -0.481 e. The van der Waals surface area contributed by atoms with Gasteiger partial charge in [-0.25, -0.2) is 9.97 Å². The summed E-state index contributed by atoms with van der Waals surface area (Å²) >= 11 is 2.85. The van der Waals surface area contributed by atoms with Gasteiger partial charge in [0.2, 0.25) is 0 Å². The molecular formula is C40H48N6O8S2. The molecule has 56 heavy (non-hydrogen) atoms. The molecular weight excluding hydrogens is 757 g/mol. The lowest BCUT2D eigenvalue weighted by atomic mass is 9.98. The second-order valence-corrected chi connectivity index (χ2v) is 16.9. The van der Waals surface area contributed by atoms with Crippen molar-refractivity contribution >= 4 is 91.8 Å². The van der Waals surface area contributed by atoms with Crippen LogP contribution in [0.4, 0.5) is 0 Å². The number of nitrogens with zero attached hydrogens (tertiary/aromatic N) is 2. The predicted octanol–water partition coefficient (Wildman–Crippen LogP) is 6.93. The van der Waals surface area contributed by atoms with Gasteiger partial charge in [-0.15, -0.1) is 0 Å². The van der Waals surface area contributed by atoms with Gasteiger partial charge >= 0.3 is 23.9 Å². The van der Waals surface area contributed by atoms with Crippen LogP contribution < -0.4 is 11.5 Å². The quantitative estimate of drug-likeness (QED) is 0.0730. The molecule has 0 saturated carbocycles. The van der Waals surface area contributed by atoms with E-state index in [0.29, 0.717) is 22.8 Å². The fourth-order valence-corrected chi connectivity index (χ4v) is 9.31. The summed E-state index contributed by atoms with van der Waals surface area (Å²) < 4.78 is 0. The molecule has 0 radical (unpaired) electrons. The van der Waals surface area contributed by atoms with Crippen molar-refractivity contribution in [1.82, 2.24) is 19.9 Å². The molecule has 5 heterocycles. The lowest BCUT2D eigenvalue weighted by molar-refractivity contribution is -0.138. The highest BCUT2D eigenvalue weighted by Crippen LogP contribution is 2.41. The first-order chi connectivity index (χ1) is 26.4. The number of hydrogen-bond donors (Lipinski definition) is 8. The van der Waals surface area contributed by atoms with Crippen LogP contribution in [0, 0.1) is 13.8 Å². The number of fused-ring (bicyclic) bond motifs is 8. The van der Waals surface area contributed by atoms with Gasteiger partial charge in [0.05, 0.1) is 22.8 Å².